The quantitative estimate of drug-likeness (QED) is 0.480. The first-order chi connectivity index (χ1) is 4.29. The summed E-state index contributed by atoms with van der Waals surface area (Å²) in [7, 11) is 0. The predicted octanol–water partition coefficient (Wildman–Crippen LogP) is 0.865. The Balaban J connectivity index is 2.58. The van der Waals surface area contributed by atoms with Crippen molar-refractivity contribution in [2.45, 2.75) is 19.3 Å². The van der Waals surface area contributed by atoms with Crippen LogP contribution in [0, 0.1) is 0 Å². The van der Waals surface area contributed by atoms with Crippen LogP contribution in [0.15, 0.2) is 12.2 Å². The number of hydrogen-bond donors (Lipinski definition) is 0. The summed E-state index contributed by atoms with van der Waals surface area (Å²) in [4.78, 5) is 21.2. The molecule has 2 nitrogen and oxygen atoms in total. The Hall–Kier alpha value is -0.920. The predicted molar refractivity (Wildman–Crippen MR) is 33.0 cm³/mol. The van der Waals surface area contributed by atoms with Gasteiger partial charge in [-0.15, -0.1) is 0 Å². The van der Waals surface area contributed by atoms with E-state index in [9.17, 15) is 9.59 Å². The van der Waals surface area contributed by atoms with Gasteiger partial charge in [-0.3, -0.25) is 9.59 Å². The Morgan fingerprint density at radius 3 is 2.78 bits per heavy atom. The summed E-state index contributed by atoms with van der Waals surface area (Å²) in [5.41, 5.74) is 0. The summed E-state index contributed by atoms with van der Waals surface area (Å²) in [5, 5.41) is 0. The van der Waals surface area contributed by atoms with Crippen molar-refractivity contribution < 1.29 is 9.59 Å². The smallest absolute Gasteiger partial charge is 0.155 e. The molecule has 9 heavy (non-hydrogen) atoms. The van der Waals surface area contributed by atoms with Gasteiger partial charge in [0.15, 0.2) is 5.78 Å². The molecule has 1 aliphatic rings. The van der Waals surface area contributed by atoms with Crippen molar-refractivity contribution in [3.05, 3.63) is 12.2 Å². The first kappa shape index (κ1) is 6.20. The third kappa shape index (κ3) is 1.80. The minimum atomic E-state index is 0.0702. The van der Waals surface area contributed by atoms with Gasteiger partial charge in [0.25, 0.3) is 0 Å². The van der Waals surface area contributed by atoms with Crippen LogP contribution in [0.4, 0.5) is 0 Å². The Morgan fingerprint density at radius 1 is 1.22 bits per heavy atom. The molecule has 0 heterocycles. The molecule has 0 atom stereocenters. The van der Waals surface area contributed by atoms with E-state index >= 15 is 0 Å². The summed E-state index contributed by atoms with van der Waals surface area (Å²) in [6.45, 7) is 0. The Kier molecular flexibility index (Phi) is 1.78. The minimum Gasteiger partial charge on any atom is -0.299 e. The molecule has 1 rings (SSSR count). The molecular weight excluding hydrogens is 116 g/mol. The molecule has 0 radical (unpaired) electrons. The molecule has 1 aliphatic carbocycles. The molecule has 0 fully saturated rings. The van der Waals surface area contributed by atoms with Gasteiger partial charge in [0.05, 0.1) is 0 Å². The van der Waals surface area contributed by atoms with Gasteiger partial charge in [-0.05, 0) is 6.08 Å². The molecule has 48 valence electrons. The highest BCUT2D eigenvalue weighted by molar-refractivity contribution is 5.95. The lowest BCUT2D eigenvalue weighted by Crippen LogP contribution is -1.95. The van der Waals surface area contributed by atoms with Gasteiger partial charge >= 0.3 is 0 Å². The van der Waals surface area contributed by atoms with E-state index in [1.165, 1.54) is 6.08 Å². The van der Waals surface area contributed by atoms with Crippen LogP contribution in [0.1, 0.15) is 19.3 Å². The first-order valence-corrected chi connectivity index (χ1v) is 3.00. The molecule has 0 spiro atoms. The summed E-state index contributed by atoms with van der Waals surface area (Å²) in [5.74, 6) is 0.234. The van der Waals surface area contributed by atoms with E-state index in [1.54, 1.807) is 6.08 Å². The summed E-state index contributed by atoms with van der Waals surface area (Å²) < 4.78 is 0. The van der Waals surface area contributed by atoms with Crippen LogP contribution in [-0.2, 0) is 9.59 Å². The van der Waals surface area contributed by atoms with Gasteiger partial charge in [-0.25, -0.2) is 0 Å². The van der Waals surface area contributed by atoms with Crippen LogP contribution < -0.4 is 0 Å². The summed E-state index contributed by atoms with van der Waals surface area (Å²) in [6, 6.07) is 0. The SMILES string of the molecule is O=C1C=CCC(=O)CC1. The highest BCUT2D eigenvalue weighted by Gasteiger charge is 2.06. The monoisotopic (exact) mass is 124 g/mol. The molecule has 0 bridgehead atoms. The van der Waals surface area contributed by atoms with Crippen LogP contribution >= 0.6 is 0 Å². The van der Waals surface area contributed by atoms with Gasteiger partial charge in [0.2, 0.25) is 0 Å². The fourth-order valence-corrected chi connectivity index (χ4v) is 0.770. The van der Waals surface area contributed by atoms with Crippen molar-refractivity contribution in [2.75, 3.05) is 0 Å². The standard InChI is InChI=1S/C7H8O2/c8-6-2-1-3-7(9)5-4-6/h1-2H,3-5H2. The van der Waals surface area contributed by atoms with Gasteiger partial charge in [0.1, 0.15) is 5.78 Å². The lowest BCUT2D eigenvalue weighted by Gasteiger charge is -1.87. The second-order valence-electron chi connectivity index (χ2n) is 2.11. The lowest BCUT2D eigenvalue weighted by atomic mass is 10.2. The van der Waals surface area contributed by atoms with Crippen LogP contribution in [0.25, 0.3) is 0 Å². The molecule has 0 aromatic heterocycles. The number of allylic oxidation sites excluding steroid dienone is 2. The molecule has 0 saturated carbocycles. The molecule has 0 unspecified atom stereocenters. The number of rotatable bonds is 0. The van der Waals surface area contributed by atoms with Gasteiger partial charge < -0.3 is 0 Å². The third-order valence-corrected chi connectivity index (χ3v) is 1.30. The van der Waals surface area contributed by atoms with Crippen molar-refractivity contribution in [1.29, 1.82) is 0 Å². The molecule has 2 heteroatoms. The average molecular weight is 124 g/mol. The number of hydrogen-bond acceptors (Lipinski definition) is 2. The van der Waals surface area contributed by atoms with E-state index < -0.39 is 0 Å². The lowest BCUT2D eigenvalue weighted by molar-refractivity contribution is -0.121. The molecule has 0 aromatic carbocycles. The zero-order chi connectivity index (χ0) is 6.69. The maximum absolute atomic E-state index is 10.6. The second-order valence-corrected chi connectivity index (χ2v) is 2.11. The molecule has 0 saturated heterocycles. The van der Waals surface area contributed by atoms with E-state index in [0.717, 1.165) is 0 Å². The Bertz CT molecular complexity index is 168. The van der Waals surface area contributed by atoms with E-state index in [0.29, 0.717) is 19.3 Å². The summed E-state index contributed by atoms with van der Waals surface area (Å²) >= 11 is 0. The average Bonchev–Trinajstić information content (AvgIpc) is 1.97. The fourth-order valence-electron chi connectivity index (χ4n) is 0.770. The Labute approximate surface area is 53.6 Å². The number of carbonyl (C=O) groups is 2. The molecule has 0 aliphatic heterocycles. The highest BCUT2D eigenvalue weighted by Crippen LogP contribution is 2.03. The van der Waals surface area contributed by atoms with Gasteiger partial charge in [-0.1, -0.05) is 6.08 Å². The number of Topliss-reactive ketones (excluding diaryl/α,β-unsaturated/α-hetero) is 1. The molecular formula is C7H8O2. The molecule has 0 aromatic rings. The maximum atomic E-state index is 10.6. The maximum Gasteiger partial charge on any atom is 0.155 e. The normalized spacial score (nSPS) is 20.0. The van der Waals surface area contributed by atoms with E-state index in [2.05, 4.69) is 0 Å². The second kappa shape index (κ2) is 2.58. The van der Waals surface area contributed by atoms with E-state index in [1.807, 2.05) is 0 Å². The first-order valence-electron chi connectivity index (χ1n) is 3.00. The van der Waals surface area contributed by atoms with Gasteiger partial charge in [0, 0.05) is 19.3 Å². The minimum absolute atomic E-state index is 0.0702. The number of ketones is 2. The Morgan fingerprint density at radius 2 is 2.00 bits per heavy atom. The van der Waals surface area contributed by atoms with Crippen LogP contribution in [0.3, 0.4) is 0 Å². The number of carbonyl (C=O) groups excluding carboxylic acids is 2. The molecule has 0 N–H and O–H groups in total. The highest BCUT2D eigenvalue weighted by atomic mass is 16.1. The largest absolute Gasteiger partial charge is 0.299 e. The van der Waals surface area contributed by atoms with E-state index in [4.69, 9.17) is 0 Å². The van der Waals surface area contributed by atoms with Crippen molar-refractivity contribution in [2.24, 2.45) is 0 Å². The van der Waals surface area contributed by atoms with Crippen molar-refractivity contribution >= 4 is 11.6 Å². The van der Waals surface area contributed by atoms with Crippen molar-refractivity contribution in [3.8, 4) is 0 Å². The molecule has 0 amide bonds. The van der Waals surface area contributed by atoms with Crippen molar-refractivity contribution in [1.82, 2.24) is 0 Å². The van der Waals surface area contributed by atoms with Crippen LogP contribution in [0.5, 0.6) is 0 Å². The summed E-state index contributed by atoms with van der Waals surface area (Å²) in [6.07, 6.45) is 4.38. The van der Waals surface area contributed by atoms with Gasteiger partial charge in [-0.2, -0.15) is 0 Å². The van der Waals surface area contributed by atoms with E-state index in [-0.39, 0.29) is 11.6 Å². The van der Waals surface area contributed by atoms with Crippen molar-refractivity contribution in [3.63, 3.8) is 0 Å². The van der Waals surface area contributed by atoms with Crippen LogP contribution in [0.2, 0.25) is 0 Å². The topological polar surface area (TPSA) is 34.1 Å². The van der Waals surface area contributed by atoms with Crippen LogP contribution in [-0.4, -0.2) is 11.6 Å². The zero-order valence-corrected chi connectivity index (χ0v) is 5.09. The fraction of sp³-hybridized carbons (Fsp3) is 0.429. The zero-order valence-electron chi connectivity index (χ0n) is 5.09. The third-order valence-electron chi connectivity index (χ3n) is 1.30.